The van der Waals surface area contributed by atoms with Crippen molar-refractivity contribution in [2.75, 3.05) is 6.54 Å². The first kappa shape index (κ1) is 12.7. The molecule has 0 spiro atoms. The molecule has 3 rings (SSSR count). The number of nitrogens with one attached hydrogen (secondary N) is 2. The van der Waals surface area contributed by atoms with Crippen molar-refractivity contribution in [1.82, 2.24) is 20.4 Å². The zero-order valence-electron chi connectivity index (χ0n) is 11.4. The maximum absolute atomic E-state index is 12.6. The van der Waals surface area contributed by atoms with Gasteiger partial charge in [-0.05, 0) is 38.2 Å². The molecule has 2 aliphatic heterocycles. The van der Waals surface area contributed by atoms with Gasteiger partial charge < -0.3 is 10.2 Å². The van der Waals surface area contributed by atoms with Gasteiger partial charge in [-0.15, -0.1) is 0 Å². The Kier molecular flexibility index (Phi) is 3.55. The third kappa shape index (κ3) is 2.52. The Labute approximate surface area is 113 Å². The molecule has 0 aromatic carbocycles. The molecule has 0 radical (unpaired) electrons. The van der Waals surface area contributed by atoms with Crippen LogP contribution in [0.1, 0.15) is 49.5 Å². The molecule has 2 saturated heterocycles. The van der Waals surface area contributed by atoms with E-state index in [2.05, 4.69) is 27.3 Å². The Balaban J connectivity index is 1.75. The molecule has 1 aromatic heterocycles. The van der Waals surface area contributed by atoms with Gasteiger partial charge in [-0.1, -0.05) is 6.92 Å². The normalized spacial score (nSPS) is 29.4. The summed E-state index contributed by atoms with van der Waals surface area (Å²) in [6.45, 7) is 2.96. The summed E-state index contributed by atoms with van der Waals surface area (Å²) in [5, 5.41) is 10.3. The molecule has 2 N–H and O–H groups in total. The Bertz CT molecular complexity index is 419. The van der Waals surface area contributed by atoms with E-state index < -0.39 is 0 Å². The lowest BCUT2D eigenvalue weighted by molar-refractivity contribution is 0.0610. The van der Waals surface area contributed by atoms with Crippen LogP contribution < -0.4 is 5.32 Å². The van der Waals surface area contributed by atoms with Crippen LogP contribution in [0.15, 0.2) is 12.3 Å². The Morgan fingerprint density at radius 2 is 2.16 bits per heavy atom. The number of aromatic amines is 1. The Hall–Kier alpha value is -1.36. The van der Waals surface area contributed by atoms with E-state index in [1.807, 2.05) is 0 Å². The van der Waals surface area contributed by atoms with Crippen LogP contribution in [0.5, 0.6) is 0 Å². The third-order valence-corrected chi connectivity index (χ3v) is 4.35. The van der Waals surface area contributed by atoms with Gasteiger partial charge in [-0.2, -0.15) is 5.10 Å². The van der Waals surface area contributed by atoms with Crippen LogP contribution in [0, 0.1) is 0 Å². The smallest absolute Gasteiger partial charge is 0.272 e. The summed E-state index contributed by atoms with van der Waals surface area (Å²) in [6, 6.07) is 3.37. The SMILES string of the molecule is CCCN(C(=O)c1ccn[nH]1)C1CC2CCC(C1)N2. The largest absolute Gasteiger partial charge is 0.334 e. The Morgan fingerprint density at radius 3 is 2.74 bits per heavy atom. The molecule has 2 unspecified atom stereocenters. The molecule has 1 aromatic rings. The van der Waals surface area contributed by atoms with Gasteiger partial charge in [-0.25, -0.2) is 0 Å². The molecule has 5 nitrogen and oxygen atoms in total. The molecule has 0 saturated carbocycles. The highest BCUT2D eigenvalue weighted by Crippen LogP contribution is 2.30. The Morgan fingerprint density at radius 1 is 1.42 bits per heavy atom. The molecule has 2 aliphatic rings. The number of rotatable bonds is 4. The first-order chi connectivity index (χ1) is 9.28. The van der Waals surface area contributed by atoms with Crippen LogP contribution in [0.25, 0.3) is 0 Å². The molecule has 5 heteroatoms. The summed E-state index contributed by atoms with van der Waals surface area (Å²) in [7, 11) is 0. The number of hydrogen-bond acceptors (Lipinski definition) is 3. The minimum absolute atomic E-state index is 0.102. The molecule has 104 valence electrons. The monoisotopic (exact) mass is 262 g/mol. The lowest BCUT2D eigenvalue weighted by Crippen LogP contribution is -2.50. The van der Waals surface area contributed by atoms with Crippen LogP contribution in [0.4, 0.5) is 0 Å². The average Bonchev–Trinajstić information content (AvgIpc) is 3.05. The van der Waals surface area contributed by atoms with Gasteiger partial charge >= 0.3 is 0 Å². The van der Waals surface area contributed by atoms with E-state index in [4.69, 9.17) is 0 Å². The van der Waals surface area contributed by atoms with Crippen LogP contribution in [0.2, 0.25) is 0 Å². The third-order valence-electron chi connectivity index (χ3n) is 4.35. The number of carbonyl (C=O) groups excluding carboxylic acids is 1. The number of nitrogens with zero attached hydrogens (tertiary/aromatic N) is 2. The van der Waals surface area contributed by atoms with Crippen molar-refractivity contribution in [3.05, 3.63) is 18.0 Å². The standard InChI is InChI=1S/C14H22N4O/c1-2-7-18(14(19)13-5-6-15-17-13)12-8-10-3-4-11(9-12)16-10/h5-6,10-12,16H,2-4,7-9H2,1H3,(H,15,17). The van der Waals surface area contributed by atoms with Crippen molar-refractivity contribution in [3.63, 3.8) is 0 Å². The number of H-pyrrole nitrogens is 1. The number of amides is 1. The van der Waals surface area contributed by atoms with E-state index in [9.17, 15) is 4.79 Å². The van der Waals surface area contributed by atoms with Gasteiger partial charge in [0.2, 0.25) is 0 Å². The molecule has 1 amide bonds. The number of fused-ring (bicyclic) bond motifs is 2. The van der Waals surface area contributed by atoms with E-state index in [-0.39, 0.29) is 5.91 Å². The maximum Gasteiger partial charge on any atom is 0.272 e. The summed E-state index contributed by atoms with van der Waals surface area (Å²) in [4.78, 5) is 14.6. The highest BCUT2D eigenvalue weighted by Gasteiger charge is 2.37. The highest BCUT2D eigenvalue weighted by molar-refractivity contribution is 5.92. The topological polar surface area (TPSA) is 61.0 Å². The summed E-state index contributed by atoms with van der Waals surface area (Å²) >= 11 is 0. The highest BCUT2D eigenvalue weighted by atomic mass is 16.2. The second kappa shape index (κ2) is 5.33. The molecule has 0 aliphatic carbocycles. The lowest BCUT2D eigenvalue weighted by Gasteiger charge is -2.37. The van der Waals surface area contributed by atoms with Gasteiger partial charge in [0, 0.05) is 30.9 Å². The molecule has 2 atom stereocenters. The van der Waals surface area contributed by atoms with Crippen LogP contribution in [0.3, 0.4) is 0 Å². The number of carbonyl (C=O) groups is 1. The fourth-order valence-electron chi connectivity index (χ4n) is 3.50. The maximum atomic E-state index is 12.6. The predicted molar refractivity (Wildman–Crippen MR) is 72.9 cm³/mol. The fraction of sp³-hybridized carbons (Fsp3) is 0.714. The second-order valence-electron chi connectivity index (χ2n) is 5.73. The summed E-state index contributed by atoms with van der Waals surface area (Å²) in [6.07, 6.45) is 7.36. The molecule has 19 heavy (non-hydrogen) atoms. The fourth-order valence-corrected chi connectivity index (χ4v) is 3.50. The van der Waals surface area contributed by atoms with Crippen LogP contribution in [-0.4, -0.2) is 45.7 Å². The van der Waals surface area contributed by atoms with E-state index in [1.165, 1.54) is 12.8 Å². The number of aromatic nitrogens is 2. The number of hydrogen-bond donors (Lipinski definition) is 2. The molecule has 3 heterocycles. The van der Waals surface area contributed by atoms with E-state index >= 15 is 0 Å². The van der Waals surface area contributed by atoms with Crippen molar-refractivity contribution in [2.24, 2.45) is 0 Å². The zero-order chi connectivity index (χ0) is 13.2. The van der Waals surface area contributed by atoms with Gasteiger partial charge in [-0.3, -0.25) is 9.89 Å². The van der Waals surface area contributed by atoms with Gasteiger partial charge in [0.25, 0.3) is 5.91 Å². The van der Waals surface area contributed by atoms with E-state index in [1.54, 1.807) is 12.3 Å². The van der Waals surface area contributed by atoms with E-state index in [0.717, 1.165) is 25.8 Å². The molecular weight excluding hydrogens is 240 g/mol. The quantitative estimate of drug-likeness (QED) is 0.865. The molecular formula is C14H22N4O. The average molecular weight is 262 g/mol. The summed E-state index contributed by atoms with van der Waals surface area (Å²) in [5.74, 6) is 0.102. The molecule has 2 fully saturated rings. The minimum Gasteiger partial charge on any atom is -0.334 e. The van der Waals surface area contributed by atoms with Crippen molar-refractivity contribution < 1.29 is 4.79 Å². The predicted octanol–water partition coefficient (Wildman–Crippen LogP) is 1.54. The van der Waals surface area contributed by atoms with Gasteiger partial charge in [0.05, 0.1) is 0 Å². The van der Waals surface area contributed by atoms with Crippen LogP contribution >= 0.6 is 0 Å². The van der Waals surface area contributed by atoms with Crippen molar-refractivity contribution >= 4 is 5.91 Å². The van der Waals surface area contributed by atoms with Crippen molar-refractivity contribution in [1.29, 1.82) is 0 Å². The minimum atomic E-state index is 0.102. The summed E-state index contributed by atoms with van der Waals surface area (Å²) in [5.41, 5.74) is 0.610. The second-order valence-corrected chi connectivity index (χ2v) is 5.73. The summed E-state index contributed by atoms with van der Waals surface area (Å²) < 4.78 is 0. The van der Waals surface area contributed by atoms with Crippen molar-refractivity contribution in [2.45, 2.75) is 57.2 Å². The van der Waals surface area contributed by atoms with Crippen LogP contribution in [-0.2, 0) is 0 Å². The molecule has 2 bridgehead atoms. The van der Waals surface area contributed by atoms with Gasteiger partial charge in [0.1, 0.15) is 5.69 Å². The first-order valence-corrected chi connectivity index (χ1v) is 7.34. The lowest BCUT2D eigenvalue weighted by atomic mass is 9.97. The number of piperidine rings is 1. The first-order valence-electron chi connectivity index (χ1n) is 7.34. The van der Waals surface area contributed by atoms with E-state index in [0.29, 0.717) is 23.8 Å². The van der Waals surface area contributed by atoms with Crippen molar-refractivity contribution in [3.8, 4) is 0 Å². The van der Waals surface area contributed by atoms with Gasteiger partial charge in [0.15, 0.2) is 0 Å². The zero-order valence-corrected chi connectivity index (χ0v) is 11.4.